The summed E-state index contributed by atoms with van der Waals surface area (Å²) in [6.07, 6.45) is -6.34. The van der Waals surface area contributed by atoms with Crippen LogP contribution in [-0.2, 0) is 11.2 Å². The molecule has 4 fully saturated rings. The van der Waals surface area contributed by atoms with Crippen LogP contribution in [0.1, 0.15) is 63.1 Å². The number of alkyl halides is 6. The molecule has 300 valence electrons. The molecule has 5 aliphatic heterocycles. The zero-order valence-electron chi connectivity index (χ0n) is 30.6. The van der Waals surface area contributed by atoms with E-state index in [-0.39, 0.29) is 72.2 Å². The molecule has 0 unspecified atom stereocenters. The van der Waals surface area contributed by atoms with Gasteiger partial charge in [-0.2, -0.15) is 36.3 Å². The molecule has 9 rings (SSSR count). The fourth-order valence-electron chi connectivity index (χ4n) is 9.98. The number of phenols is 1. The van der Waals surface area contributed by atoms with Gasteiger partial charge in [0, 0.05) is 36.3 Å². The summed E-state index contributed by atoms with van der Waals surface area (Å²) < 4.78 is 125. The number of hydrogen-bond acceptors (Lipinski definition) is 9. The fourth-order valence-corrected chi connectivity index (χ4v) is 9.98. The highest BCUT2D eigenvalue weighted by atomic mass is 19.4. The van der Waals surface area contributed by atoms with Crippen molar-refractivity contribution in [3.8, 4) is 23.0 Å². The Morgan fingerprint density at radius 3 is 2.52 bits per heavy atom. The van der Waals surface area contributed by atoms with Crippen molar-refractivity contribution in [3.63, 3.8) is 0 Å². The molecule has 5 atom stereocenters. The maximum Gasteiger partial charge on any atom is 0.426 e. The van der Waals surface area contributed by atoms with E-state index in [9.17, 15) is 35.8 Å². The Bertz CT molecular complexity index is 2220. The molecular weight excluding hydrogens is 752 g/mol. The predicted molar refractivity (Wildman–Crippen MR) is 190 cm³/mol. The first kappa shape index (κ1) is 37.5. The molecule has 2 N–H and O–H groups in total. The van der Waals surface area contributed by atoms with Crippen LogP contribution in [0.5, 0.6) is 11.8 Å². The summed E-state index contributed by atoms with van der Waals surface area (Å²) in [5.41, 5.74) is -4.21. The summed E-state index contributed by atoms with van der Waals surface area (Å²) in [6.45, 7) is 1.80. The number of halogens is 8. The van der Waals surface area contributed by atoms with E-state index in [4.69, 9.17) is 19.4 Å². The van der Waals surface area contributed by atoms with E-state index in [1.54, 1.807) is 6.92 Å². The third kappa shape index (κ3) is 5.77. The quantitative estimate of drug-likeness (QED) is 0.183. The number of anilines is 1. The number of phenolic OH excluding ortho intramolecular Hbond substituents is 1. The van der Waals surface area contributed by atoms with Crippen molar-refractivity contribution in [2.24, 2.45) is 0 Å². The number of benzene rings is 2. The van der Waals surface area contributed by atoms with Gasteiger partial charge in [0.05, 0.1) is 23.2 Å². The molecular formula is C39H40F8N6O3. The summed E-state index contributed by atoms with van der Waals surface area (Å²) in [5.74, 6) is -0.988. The first-order valence-corrected chi connectivity index (χ1v) is 19.0. The Kier molecular flexibility index (Phi) is 8.68. The number of aromatic nitrogens is 3. The van der Waals surface area contributed by atoms with Crippen LogP contribution in [0.4, 0.5) is 40.9 Å². The van der Waals surface area contributed by atoms with Crippen LogP contribution in [0, 0.1) is 18.6 Å². The molecule has 7 heterocycles. The third-order valence-corrected chi connectivity index (χ3v) is 13.0. The Balaban J connectivity index is 1.10. The molecule has 17 heteroatoms. The Labute approximate surface area is 316 Å². The highest BCUT2D eigenvalue weighted by Crippen LogP contribution is 2.49. The second kappa shape index (κ2) is 13.0. The van der Waals surface area contributed by atoms with Crippen molar-refractivity contribution in [2.75, 3.05) is 31.2 Å². The van der Waals surface area contributed by atoms with Crippen LogP contribution in [0.3, 0.4) is 0 Å². The highest BCUT2D eigenvalue weighted by Gasteiger charge is 2.69. The van der Waals surface area contributed by atoms with Gasteiger partial charge in [-0.1, -0.05) is 6.07 Å². The molecule has 2 aromatic heterocycles. The van der Waals surface area contributed by atoms with Crippen LogP contribution < -0.4 is 15.0 Å². The average Bonchev–Trinajstić information content (AvgIpc) is 3.80. The lowest BCUT2D eigenvalue weighted by Crippen LogP contribution is -2.58. The lowest BCUT2D eigenvalue weighted by Gasteiger charge is -2.41. The number of ether oxygens (including phenoxy) is 2. The van der Waals surface area contributed by atoms with Gasteiger partial charge in [-0.15, -0.1) is 0 Å². The van der Waals surface area contributed by atoms with E-state index in [1.165, 1.54) is 24.3 Å². The van der Waals surface area contributed by atoms with Crippen molar-refractivity contribution in [1.29, 1.82) is 0 Å². The van der Waals surface area contributed by atoms with Crippen molar-refractivity contribution < 1.29 is 49.7 Å². The second-order valence-corrected chi connectivity index (χ2v) is 16.2. The third-order valence-electron chi connectivity index (χ3n) is 13.0. The van der Waals surface area contributed by atoms with Crippen LogP contribution in [0.25, 0.3) is 32.9 Å². The summed E-state index contributed by atoms with van der Waals surface area (Å²) in [4.78, 5) is 18.4. The van der Waals surface area contributed by atoms with E-state index >= 15 is 4.39 Å². The molecule has 2 aromatic carbocycles. The van der Waals surface area contributed by atoms with Crippen LogP contribution >= 0.6 is 0 Å². The first-order valence-electron chi connectivity index (χ1n) is 19.0. The molecule has 0 aliphatic carbocycles. The summed E-state index contributed by atoms with van der Waals surface area (Å²) in [7, 11) is 0. The predicted octanol–water partition coefficient (Wildman–Crippen LogP) is 7.67. The van der Waals surface area contributed by atoms with E-state index in [0.29, 0.717) is 72.9 Å². The Morgan fingerprint density at radius 2 is 1.75 bits per heavy atom. The smallest absolute Gasteiger partial charge is 0.426 e. The lowest BCUT2D eigenvalue weighted by atomic mass is 9.95. The number of rotatable bonds is 7. The molecule has 2 bridgehead atoms. The monoisotopic (exact) mass is 792 g/mol. The minimum absolute atomic E-state index is 0.0102. The van der Waals surface area contributed by atoms with E-state index in [1.807, 2.05) is 4.90 Å². The van der Waals surface area contributed by atoms with Gasteiger partial charge < -0.3 is 24.8 Å². The number of nitrogens with one attached hydrogen (secondary N) is 1. The number of hydrogen-bond donors (Lipinski definition) is 2. The average molecular weight is 793 g/mol. The van der Waals surface area contributed by atoms with Crippen molar-refractivity contribution >= 4 is 27.5 Å². The zero-order valence-corrected chi connectivity index (χ0v) is 30.6. The van der Waals surface area contributed by atoms with Gasteiger partial charge in [0.25, 0.3) is 5.60 Å². The van der Waals surface area contributed by atoms with Gasteiger partial charge in [-0.25, -0.2) is 13.8 Å². The Morgan fingerprint density at radius 1 is 0.964 bits per heavy atom. The van der Waals surface area contributed by atoms with Crippen LogP contribution in [-0.4, -0.2) is 98.9 Å². The lowest BCUT2D eigenvalue weighted by molar-refractivity contribution is -0.375. The molecule has 4 saturated heterocycles. The first-order chi connectivity index (χ1) is 26.5. The van der Waals surface area contributed by atoms with Gasteiger partial charge in [0.1, 0.15) is 35.2 Å². The summed E-state index contributed by atoms with van der Waals surface area (Å²) in [6, 6.07) is 5.16. The normalized spacial score (nSPS) is 26.6. The number of aryl methyl sites for hydroxylation is 2. The Hall–Kier alpha value is -4.09. The van der Waals surface area contributed by atoms with Crippen molar-refractivity contribution in [2.45, 2.75) is 113 Å². The van der Waals surface area contributed by atoms with Crippen LogP contribution in [0.2, 0.25) is 0 Å². The van der Waals surface area contributed by atoms with Gasteiger partial charge in [-0.05, 0) is 106 Å². The molecule has 0 spiro atoms. The van der Waals surface area contributed by atoms with Crippen molar-refractivity contribution in [1.82, 2.24) is 25.2 Å². The van der Waals surface area contributed by atoms with Gasteiger partial charge >= 0.3 is 18.4 Å². The molecule has 9 nitrogen and oxygen atoms in total. The maximum absolute atomic E-state index is 17.2. The highest BCUT2D eigenvalue weighted by molar-refractivity contribution is 6.02. The van der Waals surface area contributed by atoms with Crippen molar-refractivity contribution in [3.05, 3.63) is 47.2 Å². The van der Waals surface area contributed by atoms with E-state index < -0.39 is 47.8 Å². The molecule has 56 heavy (non-hydrogen) atoms. The minimum atomic E-state index is -5.67. The van der Waals surface area contributed by atoms with Crippen LogP contribution in [0.15, 0.2) is 24.3 Å². The van der Waals surface area contributed by atoms with Gasteiger partial charge in [-0.3, -0.25) is 4.90 Å². The zero-order chi connectivity index (χ0) is 39.5. The molecule has 0 amide bonds. The van der Waals surface area contributed by atoms with Gasteiger partial charge in [0.2, 0.25) is 0 Å². The molecule has 5 aliphatic rings. The summed E-state index contributed by atoms with van der Waals surface area (Å²) in [5, 5.41) is 15.7. The SMILES string of the molecule is Cc1c(F)ccc2cc(O)cc(-c3nc4c5c(nc(OC[C@@]67CCCN6[C@H](COC(C)(C(F)(F)F)C(F)(F)F)CC7)nc5c3F)N3C[C@@H]5CC[C@@H](N5)[C@H]3CC4)c12. The molecule has 4 aromatic rings. The molecule has 0 radical (unpaired) electrons. The van der Waals surface area contributed by atoms with Gasteiger partial charge in [0.15, 0.2) is 5.82 Å². The number of pyridine rings is 1. The van der Waals surface area contributed by atoms with E-state index in [0.717, 1.165) is 12.8 Å². The van der Waals surface area contributed by atoms with E-state index in [2.05, 4.69) is 15.2 Å². The minimum Gasteiger partial charge on any atom is -0.508 e. The number of piperazine rings is 1. The topological polar surface area (TPSA) is 95.9 Å². The number of fused-ring (bicyclic) bond motifs is 7. The maximum atomic E-state index is 17.2. The standard InChI is InChI=1S/C39H40F8N6O3/c1-19-25(40)6-4-20-14-23(54)15-24(29(19)20)32-31(41)33-30-27(49-32)8-9-28-26-7-5-21(48-26)16-52(28)34(30)51-35(50-33)55-18-37-11-3-13-53(37)22(10-12-37)17-56-36(2,38(42,43)44)39(45,46)47/h4,6,14-15,21-22,26,28,48,54H,3,5,7-13,16-18H2,1-2H3/t21-,22-,26+,28+,37-/m0/s1. The number of nitrogens with zero attached hydrogens (tertiary/aromatic N) is 5. The molecule has 0 saturated carbocycles. The number of aromatic hydroxyl groups is 1. The summed E-state index contributed by atoms with van der Waals surface area (Å²) >= 11 is 0. The largest absolute Gasteiger partial charge is 0.508 e. The second-order valence-electron chi connectivity index (χ2n) is 16.2. The fraction of sp³-hybridized carbons (Fsp3) is 0.564.